The molecule has 2 aromatic rings. The Morgan fingerprint density at radius 2 is 1.21 bits per heavy atom. The van der Waals surface area contributed by atoms with Gasteiger partial charge in [0.2, 0.25) is 0 Å². The highest BCUT2D eigenvalue weighted by Crippen LogP contribution is 2.11. The van der Waals surface area contributed by atoms with Gasteiger partial charge < -0.3 is 0 Å². The molecule has 0 aliphatic carbocycles. The number of carbonyl (C=O) groups is 2. The van der Waals surface area contributed by atoms with Crippen LogP contribution in [-0.4, -0.2) is 11.6 Å². The molecular weight excluding hydrogens is 250 g/mol. The molecule has 2 nitrogen and oxygen atoms in total. The maximum Gasteiger partial charge on any atom is 0.170 e. The van der Waals surface area contributed by atoms with Crippen LogP contribution in [0, 0.1) is 11.6 Å². The van der Waals surface area contributed by atoms with E-state index in [9.17, 15) is 18.4 Å². The number of hydrogen-bond acceptors (Lipinski definition) is 2. The van der Waals surface area contributed by atoms with Crippen LogP contribution >= 0.6 is 0 Å². The van der Waals surface area contributed by atoms with E-state index in [0.717, 1.165) is 12.1 Å². The second-order valence-corrected chi connectivity index (χ2v) is 4.04. The van der Waals surface area contributed by atoms with Crippen LogP contribution < -0.4 is 0 Å². The fourth-order valence-corrected chi connectivity index (χ4v) is 1.67. The summed E-state index contributed by atoms with van der Waals surface area (Å²) in [6.45, 7) is 0. The lowest BCUT2D eigenvalue weighted by atomic mass is 10.0. The Balaban J connectivity index is 2.13. The molecular formula is C15H10F2O2. The molecule has 0 aliphatic rings. The van der Waals surface area contributed by atoms with E-state index >= 15 is 0 Å². The number of hydrogen-bond donors (Lipinski definition) is 0. The lowest BCUT2D eigenvalue weighted by Crippen LogP contribution is -2.09. The first-order chi connectivity index (χ1) is 9.06. The van der Waals surface area contributed by atoms with Crippen molar-refractivity contribution in [1.82, 2.24) is 0 Å². The second-order valence-electron chi connectivity index (χ2n) is 4.04. The van der Waals surface area contributed by atoms with Crippen molar-refractivity contribution in [3.8, 4) is 0 Å². The quantitative estimate of drug-likeness (QED) is 0.623. The van der Waals surface area contributed by atoms with Crippen LogP contribution in [0.1, 0.15) is 27.1 Å². The molecule has 0 aliphatic heterocycles. The molecule has 19 heavy (non-hydrogen) atoms. The summed E-state index contributed by atoms with van der Waals surface area (Å²) in [4.78, 5) is 23.6. The highest BCUT2D eigenvalue weighted by atomic mass is 19.1. The second kappa shape index (κ2) is 5.52. The fraction of sp³-hybridized carbons (Fsp3) is 0.0667. The Morgan fingerprint density at radius 3 is 1.58 bits per heavy atom. The molecule has 0 amide bonds. The van der Waals surface area contributed by atoms with Crippen molar-refractivity contribution in [3.63, 3.8) is 0 Å². The number of rotatable bonds is 4. The van der Waals surface area contributed by atoms with Gasteiger partial charge in [0.1, 0.15) is 11.6 Å². The zero-order valence-corrected chi connectivity index (χ0v) is 9.90. The van der Waals surface area contributed by atoms with Gasteiger partial charge in [-0.25, -0.2) is 8.78 Å². The summed E-state index contributed by atoms with van der Waals surface area (Å²) in [5, 5.41) is 0. The smallest absolute Gasteiger partial charge is 0.170 e. The molecule has 4 heteroatoms. The van der Waals surface area contributed by atoms with Crippen molar-refractivity contribution in [3.05, 3.63) is 71.3 Å². The molecule has 2 rings (SSSR count). The van der Waals surface area contributed by atoms with Gasteiger partial charge in [-0.3, -0.25) is 9.59 Å². The summed E-state index contributed by atoms with van der Waals surface area (Å²) >= 11 is 0. The first kappa shape index (κ1) is 13.1. The molecule has 0 fully saturated rings. The topological polar surface area (TPSA) is 34.1 Å². The van der Waals surface area contributed by atoms with Crippen LogP contribution in [0.3, 0.4) is 0 Å². The molecule has 0 N–H and O–H groups in total. The molecule has 0 atom stereocenters. The number of benzene rings is 2. The zero-order valence-electron chi connectivity index (χ0n) is 9.90. The predicted molar refractivity (Wildman–Crippen MR) is 66.1 cm³/mol. The third-order valence-corrected chi connectivity index (χ3v) is 2.61. The SMILES string of the molecule is O=C(CC(=O)c1cccc(F)c1)c1cccc(F)c1. The van der Waals surface area contributed by atoms with Crippen LogP contribution in [0.4, 0.5) is 8.78 Å². The van der Waals surface area contributed by atoms with Gasteiger partial charge >= 0.3 is 0 Å². The summed E-state index contributed by atoms with van der Waals surface area (Å²) < 4.78 is 25.9. The van der Waals surface area contributed by atoms with E-state index in [2.05, 4.69) is 0 Å². The van der Waals surface area contributed by atoms with Crippen molar-refractivity contribution < 1.29 is 18.4 Å². The Labute approximate surface area is 108 Å². The third-order valence-electron chi connectivity index (χ3n) is 2.61. The number of halogens is 2. The van der Waals surface area contributed by atoms with Gasteiger partial charge in [0.15, 0.2) is 11.6 Å². The highest BCUT2D eigenvalue weighted by Gasteiger charge is 2.14. The van der Waals surface area contributed by atoms with Crippen LogP contribution in [0.2, 0.25) is 0 Å². The predicted octanol–water partition coefficient (Wildman–Crippen LogP) is 3.42. The fourth-order valence-electron chi connectivity index (χ4n) is 1.67. The van der Waals surface area contributed by atoms with E-state index in [0.29, 0.717) is 0 Å². The van der Waals surface area contributed by atoms with E-state index in [-0.39, 0.29) is 11.1 Å². The number of ketones is 2. The van der Waals surface area contributed by atoms with Crippen molar-refractivity contribution in [2.45, 2.75) is 6.42 Å². The summed E-state index contributed by atoms with van der Waals surface area (Å²) in [6.07, 6.45) is -0.410. The van der Waals surface area contributed by atoms with Crippen LogP contribution in [0.25, 0.3) is 0 Å². The summed E-state index contributed by atoms with van der Waals surface area (Å²) in [6, 6.07) is 10.2. The van der Waals surface area contributed by atoms with Crippen molar-refractivity contribution >= 4 is 11.6 Å². The van der Waals surface area contributed by atoms with Crippen molar-refractivity contribution in [2.24, 2.45) is 0 Å². The van der Waals surface area contributed by atoms with Crippen LogP contribution in [0.5, 0.6) is 0 Å². The first-order valence-corrected chi connectivity index (χ1v) is 5.64. The molecule has 0 unspecified atom stereocenters. The highest BCUT2D eigenvalue weighted by molar-refractivity contribution is 6.13. The summed E-state index contributed by atoms with van der Waals surface area (Å²) in [7, 11) is 0. The lowest BCUT2D eigenvalue weighted by Gasteiger charge is -2.02. The first-order valence-electron chi connectivity index (χ1n) is 5.64. The Kier molecular flexibility index (Phi) is 3.80. The molecule has 0 aromatic heterocycles. The minimum absolute atomic E-state index is 0.129. The third kappa shape index (κ3) is 3.31. The molecule has 0 spiro atoms. The van der Waals surface area contributed by atoms with E-state index in [4.69, 9.17) is 0 Å². The largest absolute Gasteiger partial charge is 0.294 e. The minimum Gasteiger partial charge on any atom is -0.294 e. The average Bonchev–Trinajstić information content (AvgIpc) is 2.38. The summed E-state index contributed by atoms with van der Waals surface area (Å²) in [5.74, 6) is -2.06. The Hall–Kier alpha value is -2.36. The Bertz CT molecular complexity index is 580. The van der Waals surface area contributed by atoms with Gasteiger partial charge in [-0.05, 0) is 24.3 Å². The van der Waals surface area contributed by atoms with Crippen molar-refractivity contribution in [1.29, 1.82) is 0 Å². The maximum atomic E-state index is 13.0. The van der Waals surface area contributed by atoms with Crippen LogP contribution in [-0.2, 0) is 0 Å². The molecule has 0 saturated carbocycles. The van der Waals surface area contributed by atoms with E-state index in [1.165, 1.54) is 36.4 Å². The van der Waals surface area contributed by atoms with Gasteiger partial charge in [-0.15, -0.1) is 0 Å². The standard InChI is InChI=1S/C15H10F2O2/c16-12-5-1-3-10(7-12)14(18)9-15(19)11-4-2-6-13(17)8-11/h1-8H,9H2. The maximum absolute atomic E-state index is 13.0. The molecule has 0 heterocycles. The summed E-state index contributed by atoms with van der Waals surface area (Å²) in [5.41, 5.74) is 0.259. The normalized spacial score (nSPS) is 10.2. The molecule has 0 radical (unpaired) electrons. The van der Waals surface area contributed by atoms with E-state index in [1.807, 2.05) is 0 Å². The Morgan fingerprint density at radius 1 is 0.789 bits per heavy atom. The molecule has 2 aromatic carbocycles. The van der Waals surface area contributed by atoms with Gasteiger partial charge in [0.05, 0.1) is 6.42 Å². The van der Waals surface area contributed by atoms with Gasteiger partial charge in [0.25, 0.3) is 0 Å². The van der Waals surface area contributed by atoms with Crippen molar-refractivity contribution in [2.75, 3.05) is 0 Å². The van der Waals surface area contributed by atoms with Crippen LogP contribution in [0.15, 0.2) is 48.5 Å². The number of carbonyl (C=O) groups excluding carboxylic acids is 2. The average molecular weight is 260 g/mol. The van der Waals surface area contributed by atoms with Gasteiger partial charge in [-0.1, -0.05) is 24.3 Å². The molecule has 0 saturated heterocycles. The molecule has 96 valence electrons. The monoisotopic (exact) mass is 260 g/mol. The van der Waals surface area contributed by atoms with Gasteiger partial charge in [0, 0.05) is 11.1 Å². The zero-order chi connectivity index (χ0) is 13.8. The van der Waals surface area contributed by atoms with E-state index in [1.54, 1.807) is 0 Å². The number of Topliss-reactive ketones (excluding diaryl/α,β-unsaturated/α-hetero) is 2. The van der Waals surface area contributed by atoms with E-state index < -0.39 is 29.6 Å². The molecule has 0 bridgehead atoms. The lowest BCUT2D eigenvalue weighted by molar-refractivity contribution is 0.0893. The minimum atomic E-state index is -0.538. The van der Waals surface area contributed by atoms with Gasteiger partial charge in [-0.2, -0.15) is 0 Å².